The molecular weight excluding hydrogens is 136 g/mol. The molecule has 0 aliphatic rings. The van der Waals surface area contributed by atoms with Crippen LogP contribution in [0.5, 0.6) is 0 Å². The van der Waals surface area contributed by atoms with Gasteiger partial charge in [0.1, 0.15) is 0 Å². The average molecular weight is 156 g/mol. The Kier molecular flexibility index (Phi) is 6.00. The first-order chi connectivity index (χ1) is 5.16. The molecule has 0 amide bonds. The molecule has 1 atom stereocenters. The van der Waals surface area contributed by atoms with Crippen LogP contribution in [0.1, 0.15) is 40.0 Å². The molecule has 0 aromatic carbocycles. The summed E-state index contributed by atoms with van der Waals surface area (Å²) >= 11 is 0. The molecule has 0 saturated heterocycles. The fraction of sp³-hybridized carbons (Fsp3) is 0.800. The van der Waals surface area contributed by atoms with E-state index in [2.05, 4.69) is 20.8 Å². The van der Waals surface area contributed by atoms with Crippen molar-refractivity contribution in [2.45, 2.75) is 40.0 Å². The standard InChI is InChI=1S/C10H20O/c1-9(2)5-4-6-10(3)7-8-11/h7-11H,4-6H2,1-3H3/t10-/m0/s1. The number of hydrogen-bond acceptors (Lipinski definition) is 1. The van der Waals surface area contributed by atoms with Crippen LogP contribution in [0, 0.1) is 11.8 Å². The maximum atomic E-state index is 8.46. The molecule has 1 N–H and O–H groups in total. The van der Waals surface area contributed by atoms with E-state index in [0.717, 1.165) is 12.2 Å². The van der Waals surface area contributed by atoms with E-state index in [0.29, 0.717) is 5.92 Å². The third-order valence-electron chi connectivity index (χ3n) is 1.86. The second-order valence-corrected chi connectivity index (χ2v) is 3.64. The summed E-state index contributed by atoms with van der Waals surface area (Å²) in [6.45, 7) is 6.62. The lowest BCUT2D eigenvalue weighted by atomic mass is 10.00. The van der Waals surface area contributed by atoms with Gasteiger partial charge in [0.05, 0.1) is 6.26 Å². The zero-order valence-electron chi connectivity index (χ0n) is 7.88. The van der Waals surface area contributed by atoms with Crippen molar-refractivity contribution in [1.29, 1.82) is 0 Å². The van der Waals surface area contributed by atoms with E-state index < -0.39 is 0 Å². The minimum absolute atomic E-state index is 0.527. The van der Waals surface area contributed by atoms with Crippen molar-refractivity contribution < 1.29 is 5.11 Å². The second-order valence-electron chi connectivity index (χ2n) is 3.64. The first-order valence-electron chi connectivity index (χ1n) is 4.47. The number of allylic oxidation sites excluding steroid dienone is 1. The summed E-state index contributed by atoms with van der Waals surface area (Å²) in [4.78, 5) is 0. The van der Waals surface area contributed by atoms with Crippen molar-refractivity contribution in [3.8, 4) is 0 Å². The van der Waals surface area contributed by atoms with Crippen LogP contribution in [-0.2, 0) is 0 Å². The van der Waals surface area contributed by atoms with Gasteiger partial charge < -0.3 is 5.11 Å². The largest absolute Gasteiger partial charge is 0.516 e. The van der Waals surface area contributed by atoms with Crippen LogP contribution >= 0.6 is 0 Å². The molecule has 0 rings (SSSR count). The van der Waals surface area contributed by atoms with Crippen LogP contribution in [0.25, 0.3) is 0 Å². The van der Waals surface area contributed by atoms with Crippen molar-refractivity contribution in [3.05, 3.63) is 12.3 Å². The maximum Gasteiger partial charge on any atom is 0.0754 e. The van der Waals surface area contributed by atoms with Gasteiger partial charge >= 0.3 is 0 Å². The van der Waals surface area contributed by atoms with Gasteiger partial charge in [-0.3, -0.25) is 0 Å². The maximum absolute atomic E-state index is 8.46. The van der Waals surface area contributed by atoms with Crippen LogP contribution in [0.3, 0.4) is 0 Å². The molecule has 66 valence electrons. The molecule has 0 heterocycles. The van der Waals surface area contributed by atoms with E-state index in [4.69, 9.17) is 5.11 Å². The van der Waals surface area contributed by atoms with E-state index in [1.54, 1.807) is 0 Å². The van der Waals surface area contributed by atoms with E-state index >= 15 is 0 Å². The molecule has 0 spiro atoms. The molecule has 1 nitrogen and oxygen atoms in total. The first kappa shape index (κ1) is 10.5. The van der Waals surface area contributed by atoms with Gasteiger partial charge in [0.2, 0.25) is 0 Å². The Morgan fingerprint density at radius 3 is 2.27 bits per heavy atom. The molecule has 0 aliphatic carbocycles. The summed E-state index contributed by atoms with van der Waals surface area (Å²) in [6, 6.07) is 0. The third kappa shape index (κ3) is 7.44. The minimum Gasteiger partial charge on any atom is -0.516 e. The van der Waals surface area contributed by atoms with Crippen molar-refractivity contribution in [2.24, 2.45) is 11.8 Å². The number of hydrogen-bond donors (Lipinski definition) is 1. The molecular formula is C10H20O. The lowest BCUT2D eigenvalue weighted by Gasteiger charge is -2.06. The van der Waals surface area contributed by atoms with Crippen molar-refractivity contribution in [2.75, 3.05) is 0 Å². The quantitative estimate of drug-likeness (QED) is 0.604. The van der Waals surface area contributed by atoms with Gasteiger partial charge in [0, 0.05) is 0 Å². The average Bonchev–Trinajstić information content (AvgIpc) is 1.87. The van der Waals surface area contributed by atoms with Gasteiger partial charge in [-0.1, -0.05) is 33.6 Å². The van der Waals surface area contributed by atoms with Crippen LogP contribution in [0.15, 0.2) is 12.3 Å². The summed E-state index contributed by atoms with van der Waals surface area (Å²) < 4.78 is 0. The van der Waals surface area contributed by atoms with Crippen LogP contribution in [-0.4, -0.2) is 5.11 Å². The molecule has 0 aliphatic heterocycles. The predicted molar refractivity (Wildman–Crippen MR) is 49.6 cm³/mol. The zero-order chi connectivity index (χ0) is 8.69. The summed E-state index contributed by atoms with van der Waals surface area (Å²) in [5.74, 6) is 1.33. The Labute approximate surface area is 70.1 Å². The van der Waals surface area contributed by atoms with Gasteiger partial charge in [-0.05, 0) is 24.3 Å². The Bertz CT molecular complexity index is 105. The SMILES string of the molecule is CC(C)CCC[C@H](C)C=CO. The zero-order valence-corrected chi connectivity index (χ0v) is 7.88. The number of rotatable bonds is 5. The molecule has 0 unspecified atom stereocenters. The topological polar surface area (TPSA) is 20.2 Å². The molecule has 11 heavy (non-hydrogen) atoms. The lowest BCUT2D eigenvalue weighted by Crippen LogP contribution is -1.92. The summed E-state index contributed by atoms with van der Waals surface area (Å²) in [6.07, 6.45) is 6.75. The highest BCUT2D eigenvalue weighted by molar-refractivity contribution is 4.78. The van der Waals surface area contributed by atoms with Crippen LogP contribution < -0.4 is 0 Å². The Morgan fingerprint density at radius 2 is 1.82 bits per heavy atom. The van der Waals surface area contributed by atoms with Crippen molar-refractivity contribution in [3.63, 3.8) is 0 Å². The molecule has 0 radical (unpaired) electrons. The monoisotopic (exact) mass is 156 g/mol. The lowest BCUT2D eigenvalue weighted by molar-refractivity contribution is 0.455. The van der Waals surface area contributed by atoms with E-state index in [1.807, 2.05) is 6.08 Å². The minimum atomic E-state index is 0.527. The summed E-state index contributed by atoms with van der Waals surface area (Å²) in [7, 11) is 0. The van der Waals surface area contributed by atoms with Gasteiger partial charge in [-0.2, -0.15) is 0 Å². The highest BCUT2D eigenvalue weighted by Crippen LogP contribution is 2.12. The van der Waals surface area contributed by atoms with Gasteiger partial charge in [0.15, 0.2) is 0 Å². The normalized spacial score (nSPS) is 14.5. The van der Waals surface area contributed by atoms with Crippen molar-refractivity contribution in [1.82, 2.24) is 0 Å². The highest BCUT2D eigenvalue weighted by atomic mass is 16.2. The second kappa shape index (κ2) is 6.26. The summed E-state index contributed by atoms with van der Waals surface area (Å²) in [5.41, 5.74) is 0. The molecule has 0 aromatic rings. The molecule has 0 saturated carbocycles. The predicted octanol–water partition coefficient (Wildman–Crippen LogP) is 3.52. The smallest absolute Gasteiger partial charge is 0.0754 e. The van der Waals surface area contributed by atoms with Gasteiger partial charge in [-0.25, -0.2) is 0 Å². The molecule has 1 heteroatoms. The van der Waals surface area contributed by atoms with E-state index in [-0.39, 0.29) is 0 Å². The molecule has 0 aromatic heterocycles. The molecule has 0 fully saturated rings. The first-order valence-corrected chi connectivity index (χ1v) is 4.47. The third-order valence-corrected chi connectivity index (χ3v) is 1.86. The van der Waals surface area contributed by atoms with E-state index in [9.17, 15) is 0 Å². The van der Waals surface area contributed by atoms with Crippen LogP contribution in [0.2, 0.25) is 0 Å². The highest BCUT2D eigenvalue weighted by Gasteiger charge is 1.98. The Morgan fingerprint density at radius 1 is 1.18 bits per heavy atom. The van der Waals surface area contributed by atoms with E-state index in [1.165, 1.54) is 19.3 Å². The van der Waals surface area contributed by atoms with Gasteiger partial charge in [-0.15, -0.1) is 0 Å². The van der Waals surface area contributed by atoms with Crippen molar-refractivity contribution >= 4 is 0 Å². The molecule has 0 bridgehead atoms. The fourth-order valence-corrected chi connectivity index (χ4v) is 1.09. The number of aliphatic hydroxyl groups is 1. The fourth-order valence-electron chi connectivity index (χ4n) is 1.09. The summed E-state index contributed by atoms with van der Waals surface area (Å²) in [5, 5.41) is 8.46. The van der Waals surface area contributed by atoms with Crippen LogP contribution in [0.4, 0.5) is 0 Å². The van der Waals surface area contributed by atoms with Gasteiger partial charge in [0.25, 0.3) is 0 Å². The number of aliphatic hydroxyl groups excluding tert-OH is 1. The Balaban J connectivity index is 3.24. The Hall–Kier alpha value is -0.460.